The molecule has 1 heterocycles. The molecule has 0 amide bonds. The first-order valence-electron chi connectivity index (χ1n) is 7.75. The lowest BCUT2D eigenvalue weighted by Gasteiger charge is -2.40. The second kappa shape index (κ2) is 3.96. The Hall–Kier alpha value is -0.0800. The fourth-order valence-corrected chi connectivity index (χ4v) is 4.83. The van der Waals surface area contributed by atoms with Crippen molar-refractivity contribution in [2.24, 2.45) is 16.7 Å². The number of fused-ring (bicyclic) bond motifs is 2. The van der Waals surface area contributed by atoms with Crippen LogP contribution in [0.3, 0.4) is 0 Å². The molecule has 1 saturated heterocycles. The highest BCUT2D eigenvalue weighted by molar-refractivity contribution is 5.13. The third kappa shape index (κ3) is 1.68. The van der Waals surface area contributed by atoms with Crippen LogP contribution in [0.2, 0.25) is 0 Å². The van der Waals surface area contributed by atoms with Gasteiger partial charge in [0.15, 0.2) is 0 Å². The van der Waals surface area contributed by atoms with Crippen molar-refractivity contribution in [3.63, 3.8) is 0 Å². The highest BCUT2D eigenvalue weighted by atomic mass is 16.5. The molecule has 3 rings (SSSR count). The van der Waals surface area contributed by atoms with E-state index in [0.29, 0.717) is 16.9 Å². The Kier molecular flexibility index (Phi) is 2.84. The molecule has 104 valence electrons. The van der Waals surface area contributed by atoms with Crippen molar-refractivity contribution in [2.75, 3.05) is 13.2 Å². The Bertz CT molecular complexity index is 332. The number of rotatable bonds is 3. The molecule has 0 radical (unpaired) electrons. The van der Waals surface area contributed by atoms with Gasteiger partial charge >= 0.3 is 0 Å². The molecular weight excluding hydrogens is 222 g/mol. The summed E-state index contributed by atoms with van der Waals surface area (Å²) < 4.78 is 5.90. The van der Waals surface area contributed by atoms with Gasteiger partial charge in [0.25, 0.3) is 0 Å². The summed E-state index contributed by atoms with van der Waals surface area (Å²) in [7, 11) is 0. The predicted molar refractivity (Wildman–Crippen MR) is 74.6 cm³/mol. The average molecular weight is 251 g/mol. The highest BCUT2D eigenvalue weighted by Crippen LogP contribution is 2.65. The predicted octanol–water partition coefficient (Wildman–Crippen LogP) is 3.36. The van der Waals surface area contributed by atoms with Crippen molar-refractivity contribution in [1.82, 2.24) is 5.32 Å². The minimum absolute atomic E-state index is 0.0995. The van der Waals surface area contributed by atoms with Gasteiger partial charge in [0.05, 0.1) is 5.60 Å². The molecule has 18 heavy (non-hydrogen) atoms. The Balaban J connectivity index is 1.65. The van der Waals surface area contributed by atoms with Gasteiger partial charge in [0, 0.05) is 19.2 Å². The van der Waals surface area contributed by atoms with Gasteiger partial charge in [0.1, 0.15) is 0 Å². The van der Waals surface area contributed by atoms with Crippen LogP contribution in [0.4, 0.5) is 0 Å². The van der Waals surface area contributed by atoms with Crippen LogP contribution in [0.5, 0.6) is 0 Å². The van der Waals surface area contributed by atoms with Gasteiger partial charge < -0.3 is 10.1 Å². The molecule has 4 unspecified atom stereocenters. The molecule has 3 fully saturated rings. The van der Waals surface area contributed by atoms with Gasteiger partial charge in [-0.25, -0.2) is 0 Å². The fourth-order valence-electron chi connectivity index (χ4n) is 4.83. The molecule has 2 bridgehead atoms. The monoisotopic (exact) mass is 251 g/mol. The van der Waals surface area contributed by atoms with E-state index < -0.39 is 0 Å². The van der Waals surface area contributed by atoms with E-state index >= 15 is 0 Å². The van der Waals surface area contributed by atoms with Crippen LogP contribution in [0, 0.1) is 16.7 Å². The van der Waals surface area contributed by atoms with Gasteiger partial charge in [-0.05, 0) is 55.8 Å². The van der Waals surface area contributed by atoms with Crippen LogP contribution in [-0.4, -0.2) is 24.8 Å². The zero-order valence-electron chi connectivity index (χ0n) is 12.5. The lowest BCUT2D eigenvalue weighted by Crippen LogP contribution is -2.49. The number of ether oxygens (including phenoxy) is 1. The Morgan fingerprint density at radius 2 is 1.94 bits per heavy atom. The van der Waals surface area contributed by atoms with Crippen molar-refractivity contribution in [3.8, 4) is 0 Å². The minimum Gasteiger partial charge on any atom is -0.374 e. The first-order valence-corrected chi connectivity index (χ1v) is 7.75. The first-order chi connectivity index (χ1) is 8.37. The molecule has 2 saturated carbocycles. The molecule has 0 aromatic rings. The molecule has 0 aromatic carbocycles. The van der Waals surface area contributed by atoms with E-state index in [2.05, 4.69) is 33.0 Å². The Morgan fingerprint density at radius 3 is 2.44 bits per heavy atom. The van der Waals surface area contributed by atoms with Crippen molar-refractivity contribution in [1.29, 1.82) is 0 Å². The summed E-state index contributed by atoms with van der Waals surface area (Å²) in [6, 6.07) is 0.701. The molecule has 3 aliphatic rings. The Labute approximate surface area is 112 Å². The molecular formula is C16H29NO. The van der Waals surface area contributed by atoms with Gasteiger partial charge in [-0.2, -0.15) is 0 Å². The van der Waals surface area contributed by atoms with E-state index in [-0.39, 0.29) is 5.60 Å². The normalized spacial score (nSPS) is 50.0. The van der Waals surface area contributed by atoms with Gasteiger partial charge in [-0.1, -0.05) is 20.8 Å². The van der Waals surface area contributed by atoms with E-state index in [1.807, 2.05) is 0 Å². The van der Waals surface area contributed by atoms with Crippen LogP contribution < -0.4 is 5.32 Å². The quantitative estimate of drug-likeness (QED) is 0.830. The summed E-state index contributed by atoms with van der Waals surface area (Å²) in [5, 5.41) is 3.87. The topological polar surface area (TPSA) is 21.3 Å². The maximum Gasteiger partial charge on any atom is 0.0779 e. The Morgan fingerprint density at radius 1 is 1.17 bits per heavy atom. The number of nitrogens with one attached hydrogen (secondary N) is 1. The second-order valence-corrected chi connectivity index (χ2v) is 7.95. The number of hydrogen-bond donors (Lipinski definition) is 1. The maximum absolute atomic E-state index is 5.90. The molecule has 2 aliphatic carbocycles. The standard InChI is InChI=1S/C16H29NO/c1-14(2)12-6-8-16(14,4)13(10-12)17-11-15(3)7-5-9-18-15/h12-13,17H,5-11H2,1-4H3. The zero-order chi connectivity index (χ0) is 13.0. The molecule has 2 heteroatoms. The SMILES string of the molecule is CC1(CNC2CC3CCC2(C)C3(C)C)CCCO1. The van der Waals surface area contributed by atoms with Gasteiger partial charge in [0.2, 0.25) is 0 Å². The highest BCUT2D eigenvalue weighted by Gasteiger charge is 2.61. The van der Waals surface area contributed by atoms with E-state index in [4.69, 9.17) is 4.74 Å². The first kappa shape index (κ1) is 12.9. The van der Waals surface area contributed by atoms with Crippen molar-refractivity contribution in [3.05, 3.63) is 0 Å². The van der Waals surface area contributed by atoms with Crippen LogP contribution in [0.15, 0.2) is 0 Å². The van der Waals surface area contributed by atoms with Crippen molar-refractivity contribution >= 4 is 0 Å². The summed E-state index contributed by atoms with van der Waals surface area (Å²) in [6.45, 7) is 11.7. The fraction of sp³-hybridized carbons (Fsp3) is 1.00. The van der Waals surface area contributed by atoms with Crippen molar-refractivity contribution < 1.29 is 4.74 Å². The van der Waals surface area contributed by atoms with Gasteiger partial charge in [-0.15, -0.1) is 0 Å². The lowest BCUT2D eigenvalue weighted by atomic mass is 9.69. The molecule has 2 nitrogen and oxygen atoms in total. The number of hydrogen-bond acceptors (Lipinski definition) is 2. The molecule has 1 aliphatic heterocycles. The van der Waals surface area contributed by atoms with Crippen LogP contribution in [0.1, 0.15) is 59.8 Å². The van der Waals surface area contributed by atoms with Crippen LogP contribution in [0.25, 0.3) is 0 Å². The summed E-state index contributed by atoms with van der Waals surface area (Å²) >= 11 is 0. The van der Waals surface area contributed by atoms with E-state index in [1.54, 1.807) is 0 Å². The third-order valence-electron chi connectivity index (χ3n) is 6.82. The van der Waals surface area contributed by atoms with E-state index in [0.717, 1.165) is 19.1 Å². The summed E-state index contributed by atoms with van der Waals surface area (Å²) in [6.07, 6.45) is 6.67. The summed E-state index contributed by atoms with van der Waals surface area (Å²) in [5.74, 6) is 0.928. The van der Waals surface area contributed by atoms with E-state index in [1.165, 1.54) is 32.1 Å². The average Bonchev–Trinajstić information content (AvgIpc) is 2.88. The summed E-state index contributed by atoms with van der Waals surface area (Å²) in [5.41, 5.74) is 1.11. The zero-order valence-corrected chi connectivity index (χ0v) is 12.5. The maximum atomic E-state index is 5.90. The molecule has 0 spiro atoms. The van der Waals surface area contributed by atoms with Crippen molar-refractivity contribution in [2.45, 2.75) is 71.4 Å². The molecule has 4 atom stereocenters. The summed E-state index contributed by atoms with van der Waals surface area (Å²) in [4.78, 5) is 0. The third-order valence-corrected chi connectivity index (χ3v) is 6.82. The van der Waals surface area contributed by atoms with Gasteiger partial charge in [-0.3, -0.25) is 0 Å². The van der Waals surface area contributed by atoms with E-state index in [9.17, 15) is 0 Å². The lowest BCUT2D eigenvalue weighted by molar-refractivity contribution is 0.0121. The largest absolute Gasteiger partial charge is 0.374 e. The molecule has 1 N–H and O–H groups in total. The smallest absolute Gasteiger partial charge is 0.0779 e. The second-order valence-electron chi connectivity index (χ2n) is 7.95. The van der Waals surface area contributed by atoms with Crippen LogP contribution >= 0.6 is 0 Å². The molecule has 0 aromatic heterocycles. The minimum atomic E-state index is 0.0995. The van der Waals surface area contributed by atoms with Crippen LogP contribution in [-0.2, 0) is 4.74 Å².